The molecule has 2 aliphatic rings. The SMILES string of the molecule is COc1c(O)cc2c(c1O)[C@@H]1OC(CO)[C@@H](O)[C@H](O)[C@H]1OC2=O. The first kappa shape index (κ1) is 15.8. The van der Waals surface area contributed by atoms with E-state index in [9.17, 15) is 30.3 Å². The Morgan fingerprint density at radius 3 is 2.57 bits per heavy atom. The lowest BCUT2D eigenvalue weighted by molar-refractivity contribution is -0.235. The molecular formula is C14H16O9. The minimum Gasteiger partial charge on any atom is -0.504 e. The van der Waals surface area contributed by atoms with Crippen LogP contribution >= 0.6 is 0 Å². The lowest BCUT2D eigenvalue weighted by atomic mass is 9.86. The van der Waals surface area contributed by atoms with Gasteiger partial charge in [0.15, 0.2) is 17.6 Å². The maximum Gasteiger partial charge on any atom is 0.339 e. The summed E-state index contributed by atoms with van der Waals surface area (Å²) >= 11 is 0. The van der Waals surface area contributed by atoms with E-state index in [1.54, 1.807) is 0 Å². The van der Waals surface area contributed by atoms with Crippen molar-refractivity contribution in [3.63, 3.8) is 0 Å². The van der Waals surface area contributed by atoms with Crippen molar-refractivity contribution in [3.8, 4) is 17.2 Å². The molecule has 3 rings (SSSR count). The van der Waals surface area contributed by atoms with E-state index in [1.807, 2.05) is 0 Å². The molecule has 1 fully saturated rings. The highest BCUT2D eigenvalue weighted by atomic mass is 16.6. The van der Waals surface area contributed by atoms with E-state index < -0.39 is 54.6 Å². The second-order valence-corrected chi connectivity index (χ2v) is 5.37. The summed E-state index contributed by atoms with van der Waals surface area (Å²) in [5.41, 5.74) is -0.187. The van der Waals surface area contributed by atoms with Gasteiger partial charge in [-0.25, -0.2) is 4.79 Å². The number of aromatic hydroxyl groups is 2. The van der Waals surface area contributed by atoms with Crippen molar-refractivity contribution >= 4 is 5.97 Å². The van der Waals surface area contributed by atoms with Gasteiger partial charge in [0.25, 0.3) is 0 Å². The molecule has 0 amide bonds. The summed E-state index contributed by atoms with van der Waals surface area (Å²) in [5.74, 6) is -2.16. The minimum absolute atomic E-state index is 0.0368. The van der Waals surface area contributed by atoms with Crippen LogP contribution in [0.15, 0.2) is 6.07 Å². The minimum atomic E-state index is -1.51. The van der Waals surface area contributed by atoms with Crippen LogP contribution in [0.3, 0.4) is 0 Å². The van der Waals surface area contributed by atoms with Crippen molar-refractivity contribution < 1.29 is 44.5 Å². The van der Waals surface area contributed by atoms with Gasteiger partial charge in [0, 0.05) is 5.56 Å². The molecule has 9 nitrogen and oxygen atoms in total. The molecule has 0 saturated carbocycles. The quantitative estimate of drug-likeness (QED) is 0.422. The van der Waals surface area contributed by atoms with E-state index in [0.717, 1.165) is 6.07 Å². The third kappa shape index (κ3) is 2.20. The van der Waals surface area contributed by atoms with Crippen LogP contribution in [0.4, 0.5) is 0 Å². The number of carbonyl (C=O) groups is 1. The van der Waals surface area contributed by atoms with Gasteiger partial charge in [-0.15, -0.1) is 0 Å². The fraction of sp³-hybridized carbons (Fsp3) is 0.500. The number of hydrogen-bond acceptors (Lipinski definition) is 9. The Bertz CT molecular complexity index is 644. The van der Waals surface area contributed by atoms with Crippen LogP contribution in [0, 0.1) is 0 Å². The standard InChI is InChI=1S/C14H16O9/c1-21-11-5(16)2-4-7(9(11)18)12-13(23-14(4)20)10(19)8(17)6(3-15)22-12/h2,6,8,10,12-13,15-19H,3H2,1H3/t6?,8-,10+,12+,13-/m1/s1. The van der Waals surface area contributed by atoms with Gasteiger partial charge >= 0.3 is 5.97 Å². The molecule has 0 radical (unpaired) electrons. The number of benzene rings is 1. The Kier molecular flexibility index (Phi) is 3.80. The zero-order chi connectivity index (χ0) is 16.9. The van der Waals surface area contributed by atoms with Crippen LogP contribution in [-0.4, -0.2) is 69.6 Å². The van der Waals surface area contributed by atoms with Gasteiger partial charge in [0.2, 0.25) is 5.75 Å². The van der Waals surface area contributed by atoms with Crippen LogP contribution in [-0.2, 0) is 9.47 Å². The first-order chi connectivity index (χ1) is 10.9. The highest BCUT2D eigenvalue weighted by Crippen LogP contribution is 2.49. The number of hydrogen-bond donors (Lipinski definition) is 5. The van der Waals surface area contributed by atoms with E-state index in [4.69, 9.17) is 14.2 Å². The molecule has 0 spiro atoms. The maximum atomic E-state index is 12.1. The molecule has 1 aromatic rings. The summed E-state index contributed by atoms with van der Waals surface area (Å²) in [7, 11) is 1.22. The van der Waals surface area contributed by atoms with Gasteiger partial charge < -0.3 is 39.7 Å². The first-order valence-electron chi connectivity index (χ1n) is 6.87. The number of fused-ring (bicyclic) bond motifs is 3. The number of aliphatic hydroxyl groups excluding tert-OH is 3. The molecular weight excluding hydrogens is 312 g/mol. The second kappa shape index (κ2) is 5.53. The zero-order valence-electron chi connectivity index (χ0n) is 12.0. The molecule has 1 unspecified atom stereocenters. The Morgan fingerprint density at radius 1 is 1.26 bits per heavy atom. The molecule has 126 valence electrons. The van der Waals surface area contributed by atoms with Gasteiger partial charge in [-0.1, -0.05) is 0 Å². The molecule has 2 aliphatic heterocycles. The molecule has 1 saturated heterocycles. The predicted molar refractivity (Wildman–Crippen MR) is 72.2 cm³/mol. The smallest absolute Gasteiger partial charge is 0.339 e. The molecule has 0 aromatic heterocycles. The Morgan fingerprint density at radius 2 is 1.96 bits per heavy atom. The Hall–Kier alpha value is -2.07. The average Bonchev–Trinajstić information content (AvgIpc) is 2.52. The fourth-order valence-electron chi connectivity index (χ4n) is 2.95. The van der Waals surface area contributed by atoms with Crippen LogP contribution in [0.1, 0.15) is 22.0 Å². The number of esters is 1. The lowest BCUT2D eigenvalue weighted by Crippen LogP contribution is -2.58. The average molecular weight is 328 g/mol. The Balaban J connectivity index is 2.16. The lowest BCUT2D eigenvalue weighted by Gasteiger charge is -2.44. The molecule has 0 bridgehead atoms. The molecule has 2 heterocycles. The van der Waals surface area contributed by atoms with Gasteiger partial charge in [-0.05, 0) is 6.07 Å². The van der Waals surface area contributed by atoms with Crippen LogP contribution in [0.5, 0.6) is 17.2 Å². The van der Waals surface area contributed by atoms with Gasteiger partial charge in [-0.2, -0.15) is 0 Å². The summed E-state index contributed by atoms with van der Waals surface area (Å²) in [4.78, 5) is 12.1. The van der Waals surface area contributed by atoms with Gasteiger partial charge in [-0.3, -0.25) is 0 Å². The number of phenols is 2. The number of carbonyl (C=O) groups excluding carboxylic acids is 1. The molecule has 23 heavy (non-hydrogen) atoms. The van der Waals surface area contributed by atoms with E-state index in [1.165, 1.54) is 7.11 Å². The van der Waals surface area contributed by atoms with Gasteiger partial charge in [0.05, 0.1) is 19.3 Å². The highest BCUT2D eigenvalue weighted by molar-refractivity contribution is 5.95. The zero-order valence-corrected chi connectivity index (χ0v) is 12.0. The predicted octanol–water partition coefficient (Wildman–Crippen LogP) is -1.20. The summed E-state index contributed by atoms with van der Waals surface area (Å²) in [6.07, 6.45) is -6.50. The number of ether oxygens (including phenoxy) is 3. The number of methoxy groups -OCH3 is 1. The van der Waals surface area contributed by atoms with Crippen molar-refractivity contribution in [2.45, 2.75) is 30.5 Å². The normalized spacial score (nSPS) is 32.7. The largest absolute Gasteiger partial charge is 0.504 e. The third-order valence-electron chi connectivity index (χ3n) is 4.09. The molecule has 0 aliphatic carbocycles. The van der Waals surface area contributed by atoms with Crippen molar-refractivity contribution in [2.24, 2.45) is 0 Å². The second-order valence-electron chi connectivity index (χ2n) is 5.37. The van der Waals surface area contributed by atoms with Crippen LogP contribution < -0.4 is 4.74 Å². The molecule has 9 heteroatoms. The van der Waals surface area contributed by atoms with Crippen LogP contribution in [0.2, 0.25) is 0 Å². The number of phenolic OH excluding ortho intramolecular Hbond substituents is 2. The summed E-state index contributed by atoms with van der Waals surface area (Å²) in [6, 6.07) is 1.06. The highest BCUT2D eigenvalue weighted by Gasteiger charge is 2.52. The maximum absolute atomic E-state index is 12.1. The van der Waals surface area contributed by atoms with Crippen molar-refractivity contribution in [3.05, 3.63) is 17.2 Å². The monoisotopic (exact) mass is 328 g/mol. The third-order valence-corrected chi connectivity index (χ3v) is 4.09. The van der Waals surface area contributed by atoms with E-state index in [-0.39, 0.29) is 16.9 Å². The summed E-state index contributed by atoms with van der Waals surface area (Å²) in [5, 5.41) is 49.3. The van der Waals surface area contributed by atoms with Crippen molar-refractivity contribution in [1.29, 1.82) is 0 Å². The van der Waals surface area contributed by atoms with E-state index >= 15 is 0 Å². The molecule has 5 N–H and O–H groups in total. The summed E-state index contributed by atoms with van der Waals surface area (Å²) in [6.45, 7) is -0.583. The molecule has 5 atom stereocenters. The number of aliphatic hydroxyl groups is 3. The topological polar surface area (TPSA) is 146 Å². The number of rotatable bonds is 2. The fourth-order valence-corrected chi connectivity index (χ4v) is 2.95. The summed E-state index contributed by atoms with van der Waals surface area (Å²) < 4.78 is 15.4. The Labute approximate surface area is 130 Å². The molecule has 1 aromatic carbocycles. The van der Waals surface area contributed by atoms with Crippen molar-refractivity contribution in [1.82, 2.24) is 0 Å². The van der Waals surface area contributed by atoms with Crippen molar-refractivity contribution in [2.75, 3.05) is 13.7 Å². The van der Waals surface area contributed by atoms with Gasteiger partial charge in [0.1, 0.15) is 24.4 Å². The van der Waals surface area contributed by atoms with E-state index in [2.05, 4.69) is 0 Å². The first-order valence-corrected chi connectivity index (χ1v) is 6.87. The van der Waals surface area contributed by atoms with E-state index in [0.29, 0.717) is 0 Å². The van der Waals surface area contributed by atoms with Crippen LogP contribution in [0.25, 0.3) is 0 Å².